The Morgan fingerprint density at radius 3 is 2.11 bits per heavy atom. The van der Waals surface area contributed by atoms with Gasteiger partial charge in [-0.2, -0.15) is 5.10 Å². The molecule has 0 unspecified atom stereocenters. The highest BCUT2D eigenvalue weighted by Crippen LogP contribution is 2.28. The minimum absolute atomic E-state index is 0.174. The summed E-state index contributed by atoms with van der Waals surface area (Å²) in [7, 11) is 3.01. The Hall–Kier alpha value is -5.11. The summed E-state index contributed by atoms with van der Waals surface area (Å²) in [6.07, 6.45) is 1.48. The summed E-state index contributed by atoms with van der Waals surface area (Å²) in [5.74, 6) is 0.966. The second-order valence-corrected chi connectivity index (χ2v) is 8.00. The number of esters is 1. The smallest absolute Gasteiger partial charge is 0.343 e. The van der Waals surface area contributed by atoms with Crippen molar-refractivity contribution < 1.29 is 28.5 Å². The molecule has 0 bridgehead atoms. The van der Waals surface area contributed by atoms with Crippen molar-refractivity contribution in [3.8, 4) is 34.1 Å². The number of carbonyl (C=O) groups is 2. The van der Waals surface area contributed by atoms with E-state index in [1.807, 2.05) is 54.6 Å². The quantitative estimate of drug-likeness (QED) is 0.138. The van der Waals surface area contributed by atoms with E-state index in [-0.39, 0.29) is 6.61 Å². The largest absolute Gasteiger partial charge is 0.493 e. The van der Waals surface area contributed by atoms with Gasteiger partial charge in [-0.05, 0) is 71.3 Å². The fraction of sp³-hybridized carbons (Fsp3) is 0.100. The molecule has 8 heteroatoms. The Morgan fingerprint density at radius 2 is 1.42 bits per heavy atom. The molecule has 0 aromatic heterocycles. The molecule has 1 amide bonds. The van der Waals surface area contributed by atoms with Crippen LogP contribution in [-0.2, 0) is 4.79 Å². The number of hydrazone groups is 1. The van der Waals surface area contributed by atoms with E-state index >= 15 is 0 Å². The summed E-state index contributed by atoms with van der Waals surface area (Å²) in [6, 6.07) is 29.0. The van der Waals surface area contributed by atoms with Crippen LogP contribution in [0.2, 0.25) is 0 Å². The number of nitrogens with one attached hydrogen (secondary N) is 1. The fourth-order valence-corrected chi connectivity index (χ4v) is 3.49. The second kappa shape index (κ2) is 12.7. The Morgan fingerprint density at radius 1 is 0.763 bits per heavy atom. The van der Waals surface area contributed by atoms with E-state index in [0.29, 0.717) is 34.1 Å². The first kappa shape index (κ1) is 26.0. The number of nitrogens with zero attached hydrogens (tertiary/aromatic N) is 1. The second-order valence-electron chi connectivity index (χ2n) is 8.00. The average Bonchev–Trinajstić information content (AvgIpc) is 2.97. The summed E-state index contributed by atoms with van der Waals surface area (Å²) in [5, 5.41) is 3.94. The van der Waals surface area contributed by atoms with Crippen LogP contribution >= 0.6 is 0 Å². The zero-order valence-corrected chi connectivity index (χ0v) is 20.9. The van der Waals surface area contributed by atoms with E-state index in [0.717, 1.165) is 11.1 Å². The molecule has 4 aromatic rings. The number of carbonyl (C=O) groups excluding carboxylic acids is 2. The SMILES string of the molecule is COc1ccc(C(=O)Oc2ccc(C=NNC(=O)COc3ccc(-c4ccccc4)cc3)cc2)cc1OC. The third kappa shape index (κ3) is 6.98. The van der Waals surface area contributed by atoms with Gasteiger partial charge in [-0.25, -0.2) is 10.2 Å². The van der Waals surface area contributed by atoms with Crippen molar-refractivity contribution in [2.45, 2.75) is 0 Å². The lowest BCUT2D eigenvalue weighted by Crippen LogP contribution is -2.24. The van der Waals surface area contributed by atoms with Crippen LogP contribution in [0.3, 0.4) is 0 Å². The molecule has 0 radical (unpaired) electrons. The van der Waals surface area contributed by atoms with Crippen molar-refractivity contribution in [2.24, 2.45) is 5.10 Å². The van der Waals surface area contributed by atoms with Gasteiger partial charge in [0.1, 0.15) is 11.5 Å². The molecular formula is C30H26N2O6. The number of rotatable bonds is 10. The average molecular weight is 511 g/mol. The van der Waals surface area contributed by atoms with Crippen LogP contribution in [0, 0.1) is 0 Å². The highest BCUT2D eigenvalue weighted by Gasteiger charge is 2.13. The highest BCUT2D eigenvalue weighted by molar-refractivity contribution is 5.92. The van der Waals surface area contributed by atoms with Gasteiger partial charge in [0.2, 0.25) is 0 Å². The third-order valence-corrected chi connectivity index (χ3v) is 5.44. The van der Waals surface area contributed by atoms with Crippen molar-refractivity contribution in [3.63, 3.8) is 0 Å². The Balaban J connectivity index is 1.23. The molecule has 8 nitrogen and oxygen atoms in total. The van der Waals surface area contributed by atoms with E-state index in [9.17, 15) is 9.59 Å². The van der Waals surface area contributed by atoms with Gasteiger partial charge >= 0.3 is 5.97 Å². The van der Waals surface area contributed by atoms with E-state index < -0.39 is 11.9 Å². The number of ether oxygens (including phenoxy) is 4. The minimum atomic E-state index is -0.533. The number of hydrogen-bond donors (Lipinski definition) is 1. The minimum Gasteiger partial charge on any atom is -0.493 e. The molecule has 0 saturated carbocycles. The molecule has 4 rings (SSSR count). The molecule has 1 N–H and O–H groups in total. The lowest BCUT2D eigenvalue weighted by atomic mass is 10.1. The van der Waals surface area contributed by atoms with Gasteiger partial charge in [-0.1, -0.05) is 42.5 Å². The van der Waals surface area contributed by atoms with Crippen LogP contribution in [-0.4, -0.2) is 38.9 Å². The molecule has 0 fully saturated rings. The van der Waals surface area contributed by atoms with E-state index in [1.165, 1.54) is 20.4 Å². The van der Waals surface area contributed by atoms with Gasteiger partial charge in [-0.3, -0.25) is 4.79 Å². The molecule has 0 atom stereocenters. The summed E-state index contributed by atoms with van der Waals surface area (Å²) in [6.45, 7) is -0.174. The van der Waals surface area contributed by atoms with Crippen LogP contribution in [0.4, 0.5) is 0 Å². The van der Waals surface area contributed by atoms with Crippen LogP contribution in [0.1, 0.15) is 15.9 Å². The number of amides is 1. The molecule has 0 heterocycles. The lowest BCUT2D eigenvalue weighted by molar-refractivity contribution is -0.123. The van der Waals surface area contributed by atoms with E-state index in [4.69, 9.17) is 18.9 Å². The Bertz CT molecular complexity index is 1400. The predicted molar refractivity (Wildman–Crippen MR) is 144 cm³/mol. The molecule has 0 aliphatic carbocycles. The van der Waals surface area contributed by atoms with Crippen molar-refractivity contribution >= 4 is 18.1 Å². The summed E-state index contributed by atoms with van der Waals surface area (Å²) < 4.78 is 21.3. The predicted octanol–water partition coefficient (Wildman–Crippen LogP) is 5.12. The standard InChI is InChI=1S/C30H26N2O6/c1-35-27-17-12-24(18-28(27)36-2)30(34)38-26-13-8-21(9-14-26)19-31-32-29(33)20-37-25-15-10-23(11-16-25)22-6-4-3-5-7-22/h3-19H,20H2,1-2H3,(H,32,33). The zero-order valence-electron chi connectivity index (χ0n) is 20.9. The van der Waals surface area contributed by atoms with Gasteiger partial charge in [-0.15, -0.1) is 0 Å². The van der Waals surface area contributed by atoms with Gasteiger partial charge in [0.15, 0.2) is 18.1 Å². The number of benzene rings is 4. The number of hydrogen-bond acceptors (Lipinski definition) is 7. The third-order valence-electron chi connectivity index (χ3n) is 5.44. The van der Waals surface area contributed by atoms with Crippen LogP contribution in [0.15, 0.2) is 102 Å². The first-order chi connectivity index (χ1) is 18.6. The van der Waals surface area contributed by atoms with Crippen molar-refractivity contribution in [3.05, 3.63) is 108 Å². The fourth-order valence-electron chi connectivity index (χ4n) is 3.49. The van der Waals surface area contributed by atoms with Crippen LogP contribution in [0.25, 0.3) is 11.1 Å². The monoisotopic (exact) mass is 510 g/mol. The van der Waals surface area contributed by atoms with Gasteiger partial charge in [0.25, 0.3) is 5.91 Å². The molecular weight excluding hydrogens is 484 g/mol. The van der Waals surface area contributed by atoms with Crippen molar-refractivity contribution in [2.75, 3.05) is 20.8 Å². The summed E-state index contributed by atoms with van der Waals surface area (Å²) >= 11 is 0. The topological polar surface area (TPSA) is 95.5 Å². The molecule has 0 aliphatic rings. The Labute approximate surface area is 220 Å². The van der Waals surface area contributed by atoms with E-state index in [2.05, 4.69) is 10.5 Å². The molecule has 4 aromatic carbocycles. The first-order valence-corrected chi connectivity index (χ1v) is 11.7. The van der Waals surface area contributed by atoms with Gasteiger partial charge in [0, 0.05) is 0 Å². The van der Waals surface area contributed by atoms with E-state index in [1.54, 1.807) is 42.5 Å². The summed E-state index contributed by atoms with van der Waals surface area (Å²) in [4.78, 5) is 24.5. The molecule has 0 saturated heterocycles. The van der Waals surface area contributed by atoms with Crippen LogP contribution < -0.4 is 24.4 Å². The molecule has 192 valence electrons. The first-order valence-electron chi connectivity index (χ1n) is 11.7. The van der Waals surface area contributed by atoms with Crippen molar-refractivity contribution in [1.29, 1.82) is 0 Å². The zero-order chi connectivity index (χ0) is 26.7. The van der Waals surface area contributed by atoms with Gasteiger partial charge < -0.3 is 18.9 Å². The highest BCUT2D eigenvalue weighted by atomic mass is 16.5. The number of methoxy groups -OCH3 is 2. The molecule has 0 aliphatic heterocycles. The maximum Gasteiger partial charge on any atom is 0.343 e. The van der Waals surface area contributed by atoms with Gasteiger partial charge in [0.05, 0.1) is 26.0 Å². The lowest BCUT2D eigenvalue weighted by Gasteiger charge is -2.09. The summed E-state index contributed by atoms with van der Waals surface area (Å²) in [5.41, 5.74) is 5.62. The normalized spacial score (nSPS) is 10.6. The van der Waals surface area contributed by atoms with Crippen LogP contribution in [0.5, 0.6) is 23.0 Å². The molecule has 38 heavy (non-hydrogen) atoms. The Kier molecular flexibility index (Phi) is 8.70. The molecule has 0 spiro atoms. The maximum atomic E-state index is 12.5. The van der Waals surface area contributed by atoms with Crippen molar-refractivity contribution in [1.82, 2.24) is 5.43 Å². The maximum absolute atomic E-state index is 12.5.